The molecule has 170 valence electrons. The van der Waals surface area contributed by atoms with Gasteiger partial charge >= 0.3 is 6.09 Å². The molecule has 0 aromatic heterocycles. The highest BCUT2D eigenvalue weighted by molar-refractivity contribution is 5.92. The molecule has 3 rings (SSSR count). The van der Waals surface area contributed by atoms with Crippen LogP contribution in [-0.4, -0.2) is 35.4 Å². The molecule has 32 heavy (non-hydrogen) atoms. The van der Waals surface area contributed by atoms with E-state index in [0.717, 1.165) is 6.42 Å². The minimum atomic E-state index is -0.879. The lowest BCUT2D eigenvalue weighted by molar-refractivity contribution is -0.126. The number of nitrogens with one attached hydrogen (secondary N) is 2. The molecule has 0 aliphatic carbocycles. The third-order valence-electron chi connectivity index (χ3n) is 5.20. The Labute approximate surface area is 186 Å². The Bertz CT molecular complexity index is 960. The number of rotatable bonds is 8. The second kappa shape index (κ2) is 10.3. The Morgan fingerprint density at radius 1 is 1.09 bits per heavy atom. The molecule has 0 bridgehead atoms. The largest absolute Gasteiger partial charge is 0.438 e. The molecule has 2 aromatic carbocycles. The van der Waals surface area contributed by atoms with E-state index >= 15 is 0 Å². The van der Waals surface area contributed by atoms with E-state index < -0.39 is 18.2 Å². The van der Waals surface area contributed by atoms with Crippen molar-refractivity contribution in [2.45, 2.75) is 45.9 Å². The summed E-state index contributed by atoms with van der Waals surface area (Å²) in [6, 6.07) is 11.8. The number of carbonyl (C=O) groups is 3. The van der Waals surface area contributed by atoms with Crippen molar-refractivity contribution in [2.24, 2.45) is 5.92 Å². The smallest absolute Gasteiger partial charge is 0.411 e. The number of carbonyl (C=O) groups excluding carboxylic acids is 3. The van der Waals surface area contributed by atoms with Gasteiger partial charge in [0, 0.05) is 18.2 Å². The van der Waals surface area contributed by atoms with Gasteiger partial charge in [0.25, 0.3) is 0 Å². The molecule has 2 N–H and O–H groups in total. The first-order chi connectivity index (χ1) is 15.3. The fourth-order valence-electron chi connectivity index (χ4n) is 3.39. The number of amides is 3. The molecule has 8 heteroatoms. The van der Waals surface area contributed by atoms with Crippen molar-refractivity contribution in [2.75, 3.05) is 11.9 Å². The topological polar surface area (TPSA) is 87.7 Å². The van der Waals surface area contributed by atoms with Gasteiger partial charge in [0.1, 0.15) is 5.82 Å². The highest BCUT2D eigenvalue weighted by Gasteiger charge is 2.46. The summed E-state index contributed by atoms with van der Waals surface area (Å²) in [5.74, 6) is -0.955. The van der Waals surface area contributed by atoms with Crippen molar-refractivity contribution >= 4 is 23.6 Å². The first-order valence-corrected chi connectivity index (χ1v) is 10.7. The minimum absolute atomic E-state index is 0.104. The van der Waals surface area contributed by atoms with Gasteiger partial charge in [-0.1, -0.05) is 45.0 Å². The lowest BCUT2D eigenvalue weighted by Gasteiger charge is -2.24. The zero-order valence-corrected chi connectivity index (χ0v) is 18.4. The number of anilines is 1. The van der Waals surface area contributed by atoms with Gasteiger partial charge in [-0.05, 0) is 41.8 Å². The lowest BCUT2D eigenvalue weighted by atomic mass is 10.00. The number of hydrogen-bond donors (Lipinski definition) is 2. The van der Waals surface area contributed by atoms with Crippen LogP contribution in [-0.2, 0) is 20.9 Å². The quantitative estimate of drug-likeness (QED) is 0.648. The molecule has 1 heterocycles. The summed E-state index contributed by atoms with van der Waals surface area (Å²) in [7, 11) is 0. The van der Waals surface area contributed by atoms with Crippen molar-refractivity contribution < 1.29 is 23.5 Å². The van der Waals surface area contributed by atoms with Crippen LogP contribution in [0.15, 0.2) is 48.5 Å². The highest BCUT2D eigenvalue weighted by Crippen LogP contribution is 2.34. The molecule has 0 spiro atoms. The predicted molar refractivity (Wildman–Crippen MR) is 118 cm³/mol. The van der Waals surface area contributed by atoms with Gasteiger partial charge in [0.05, 0.1) is 6.54 Å². The first kappa shape index (κ1) is 23.2. The van der Waals surface area contributed by atoms with Crippen molar-refractivity contribution in [3.05, 3.63) is 65.5 Å². The average Bonchev–Trinajstić information content (AvgIpc) is 3.10. The van der Waals surface area contributed by atoms with Crippen molar-refractivity contribution in [3.63, 3.8) is 0 Å². The van der Waals surface area contributed by atoms with E-state index in [1.807, 2.05) is 6.92 Å². The standard InChI is InChI=1S/C24H28FN3O4/c1-4-13-26-23(30)20-21(17-7-11-19(12-8-17)27-22(29)15(2)3)32-24(31)28(20)14-16-5-9-18(25)10-6-16/h5-12,15,20-21H,4,13-14H2,1-3H3,(H,26,30)(H,27,29). The summed E-state index contributed by atoms with van der Waals surface area (Å²) in [5, 5.41) is 5.65. The summed E-state index contributed by atoms with van der Waals surface area (Å²) in [4.78, 5) is 38.9. The third-order valence-corrected chi connectivity index (χ3v) is 5.20. The van der Waals surface area contributed by atoms with E-state index in [2.05, 4.69) is 10.6 Å². The molecular weight excluding hydrogens is 413 g/mol. The Hall–Kier alpha value is -3.42. The maximum atomic E-state index is 13.3. The molecule has 1 saturated heterocycles. The zero-order chi connectivity index (χ0) is 23.3. The van der Waals surface area contributed by atoms with Crippen LogP contribution in [0, 0.1) is 11.7 Å². The van der Waals surface area contributed by atoms with Crippen LogP contribution in [0.3, 0.4) is 0 Å². The third kappa shape index (κ3) is 5.43. The monoisotopic (exact) mass is 441 g/mol. The second-order valence-electron chi connectivity index (χ2n) is 8.06. The number of ether oxygens (including phenoxy) is 1. The van der Waals surface area contributed by atoms with Gasteiger partial charge in [-0.15, -0.1) is 0 Å². The Kier molecular flexibility index (Phi) is 7.45. The maximum Gasteiger partial charge on any atom is 0.411 e. The molecule has 7 nitrogen and oxygen atoms in total. The summed E-state index contributed by atoms with van der Waals surface area (Å²) in [5.41, 5.74) is 1.94. The second-order valence-corrected chi connectivity index (χ2v) is 8.06. The predicted octanol–water partition coefficient (Wildman–Crippen LogP) is 4.01. The molecule has 0 saturated carbocycles. The number of benzene rings is 2. The van der Waals surface area contributed by atoms with E-state index in [0.29, 0.717) is 23.4 Å². The van der Waals surface area contributed by atoms with Crippen molar-refractivity contribution in [3.8, 4) is 0 Å². The molecule has 0 radical (unpaired) electrons. The average molecular weight is 442 g/mol. The fraction of sp³-hybridized carbons (Fsp3) is 0.375. The molecular formula is C24H28FN3O4. The van der Waals surface area contributed by atoms with Gasteiger partial charge in [0.2, 0.25) is 11.8 Å². The SMILES string of the molecule is CCCNC(=O)C1C(c2ccc(NC(=O)C(C)C)cc2)OC(=O)N1Cc1ccc(F)cc1. The Balaban J connectivity index is 1.84. The van der Waals surface area contributed by atoms with Gasteiger partial charge in [-0.3, -0.25) is 14.5 Å². The van der Waals surface area contributed by atoms with Crippen molar-refractivity contribution in [1.29, 1.82) is 0 Å². The highest BCUT2D eigenvalue weighted by atomic mass is 19.1. The van der Waals surface area contributed by atoms with E-state index in [1.165, 1.54) is 17.0 Å². The molecule has 3 amide bonds. The van der Waals surface area contributed by atoms with Crippen LogP contribution in [0.1, 0.15) is 44.4 Å². The van der Waals surface area contributed by atoms with Gasteiger partial charge in [-0.2, -0.15) is 0 Å². The van der Waals surface area contributed by atoms with Crippen LogP contribution in [0.25, 0.3) is 0 Å². The zero-order valence-electron chi connectivity index (χ0n) is 18.4. The number of halogens is 1. The van der Waals surface area contributed by atoms with Gasteiger partial charge < -0.3 is 15.4 Å². The first-order valence-electron chi connectivity index (χ1n) is 10.7. The molecule has 1 fully saturated rings. The summed E-state index contributed by atoms with van der Waals surface area (Å²) in [6.45, 7) is 6.13. The molecule has 1 aliphatic heterocycles. The van der Waals surface area contributed by atoms with E-state index in [-0.39, 0.29) is 30.1 Å². The normalized spacial score (nSPS) is 17.9. The summed E-state index contributed by atoms with van der Waals surface area (Å²) in [6.07, 6.45) is -0.678. The van der Waals surface area contributed by atoms with Gasteiger partial charge in [0.15, 0.2) is 12.1 Å². The van der Waals surface area contributed by atoms with E-state index in [4.69, 9.17) is 4.74 Å². The van der Waals surface area contributed by atoms with E-state index in [1.54, 1.807) is 50.2 Å². The number of cyclic esters (lactones) is 1. The fourth-order valence-corrected chi connectivity index (χ4v) is 3.39. The Morgan fingerprint density at radius 2 is 1.75 bits per heavy atom. The van der Waals surface area contributed by atoms with Crippen LogP contribution < -0.4 is 10.6 Å². The number of hydrogen-bond acceptors (Lipinski definition) is 4. The Morgan fingerprint density at radius 3 is 2.34 bits per heavy atom. The minimum Gasteiger partial charge on any atom is -0.438 e. The molecule has 1 aliphatic rings. The van der Waals surface area contributed by atoms with Gasteiger partial charge in [-0.25, -0.2) is 9.18 Å². The van der Waals surface area contributed by atoms with Crippen LogP contribution in [0.2, 0.25) is 0 Å². The summed E-state index contributed by atoms with van der Waals surface area (Å²) >= 11 is 0. The van der Waals surface area contributed by atoms with Crippen LogP contribution in [0.4, 0.5) is 14.9 Å². The van der Waals surface area contributed by atoms with Crippen LogP contribution >= 0.6 is 0 Å². The van der Waals surface area contributed by atoms with E-state index in [9.17, 15) is 18.8 Å². The van der Waals surface area contributed by atoms with Crippen molar-refractivity contribution in [1.82, 2.24) is 10.2 Å². The summed E-state index contributed by atoms with van der Waals surface area (Å²) < 4.78 is 18.9. The molecule has 2 atom stereocenters. The molecule has 2 aromatic rings. The van der Waals surface area contributed by atoms with Crippen LogP contribution in [0.5, 0.6) is 0 Å². The lowest BCUT2D eigenvalue weighted by Crippen LogP contribution is -2.46. The molecule has 2 unspecified atom stereocenters. The maximum absolute atomic E-state index is 13.3. The number of nitrogens with zero attached hydrogens (tertiary/aromatic N) is 1.